The first-order valence-corrected chi connectivity index (χ1v) is 31.2. The van der Waals surface area contributed by atoms with Gasteiger partial charge in [0.1, 0.15) is 23.0 Å². The van der Waals surface area contributed by atoms with Gasteiger partial charge in [0.2, 0.25) is 0 Å². The Morgan fingerprint density at radius 1 is 0.478 bits per heavy atom. The molecule has 16 nitrogen and oxygen atoms in total. The summed E-state index contributed by atoms with van der Waals surface area (Å²) in [6, 6.07) is 29.7. The number of aromatic nitrogens is 4. The average Bonchev–Trinajstić information content (AvgIpc) is 1.69. The zero-order valence-electron chi connectivity index (χ0n) is 51.2. The summed E-state index contributed by atoms with van der Waals surface area (Å²) in [6.07, 6.45) is 0.622. The standard InChI is InChI=1S/2C35H36F3N3O5/c2*1-23-30(33(42)13-10-29-22-44-18-19-45-29)11-12-32-31(23)21-41(39-32)20-24-14-16-40(17-15-24)34(43)25-2-6-27(7-3-25)46-28-8-4-26(5-9-28)35(36,37)38/h2*2-9,11-12,21,24,29H,10,13-20,22H2,1H3/t2*29-/m10/s1. The zero-order chi connectivity index (χ0) is 64.5. The van der Waals surface area contributed by atoms with E-state index in [-0.39, 0.29) is 47.1 Å². The lowest BCUT2D eigenvalue weighted by atomic mass is 9.96. The number of ether oxygens (including phenoxy) is 6. The molecule has 0 aliphatic carbocycles. The molecular formula is C70H72F6N6O10. The Labute approximate surface area is 528 Å². The van der Waals surface area contributed by atoms with Crippen molar-refractivity contribution in [1.82, 2.24) is 29.4 Å². The molecule has 2 atom stereocenters. The molecule has 6 heterocycles. The van der Waals surface area contributed by atoms with Crippen LogP contribution in [0.3, 0.4) is 0 Å². The molecule has 92 heavy (non-hydrogen) atoms. The van der Waals surface area contributed by atoms with Crippen molar-refractivity contribution in [2.75, 3.05) is 65.8 Å². The fourth-order valence-electron chi connectivity index (χ4n) is 12.2. The van der Waals surface area contributed by atoms with Gasteiger partial charge in [-0.15, -0.1) is 0 Å². The highest BCUT2D eigenvalue weighted by atomic mass is 19.4. The quantitative estimate of drug-likeness (QED) is 0.0590. The molecule has 2 amide bonds. The molecule has 6 aromatic carbocycles. The topological polar surface area (TPSA) is 166 Å². The normalized spacial score (nSPS) is 17.7. The van der Waals surface area contributed by atoms with Crippen LogP contribution >= 0.6 is 0 Å². The van der Waals surface area contributed by atoms with E-state index in [4.69, 9.17) is 38.6 Å². The minimum Gasteiger partial charge on any atom is -0.457 e. The molecule has 484 valence electrons. The van der Waals surface area contributed by atoms with Gasteiger partial charge in [0.05, 0.1) is 74.0 Å². The lowest BCUT2D eigenvalue weighted by molar-refractivity contribution is -0.138. The summed E-state index contributed by atoms with van der Waals surface area (Å²) in [7, 11) is 0. The van der Waals surface area contributed by atoms with Crippen molar-refractivity contribution in [3.05, 3.63) is 178 Å². The fourth-order valence-corrected chi connectivity index (χ4v) is 12.2. The number of alkyl halides is 6. The number of halogens is 6. The summed E-state index contributed by atoms with van der Waals surface area (Å²) in [4.78, 5) is 56.0. The van der Waals surface area contributed by atoms with E-state index in [1.807, 2.05) is 69.7 Å². The van der Waals surface area contributed by atoms with Crippen LogP contribution < -0.4 is 9.47 Å². The van der Waals surface area contributed by atoms with Gasteiger partial charge in [-0.25, -0.2) is 0 Å². The fraction of sp³-hybridized carbons (Fsp3) is 0.400. The summed E-state index contributed by atoms with van der Waals surface area (Å²) >= 11 is 0. The van der Waals surface area contributed by atoms with Crippen LogP contribution in [-0.4, -0.2) is 131 Å². The highest BCUT2D eigenvalue weighted by molar-refractivity contribution is 6.03. The van der Waals surface area contributed by atoms with Crippen LogP contribution in [0.25, 0.3) is 21.8 Å². The summed E-state index contributed by atoms with van der Waals surface area (Å²) in [5.41, 5.74) is 4.59. The Balaban J connectivity index is 0.000000188. The Kier molecular flexibility index (Phi) is 20.5. The highest BCUT2D eigenvalue weighted by Crippen LogP contribution is 2.35. The molecule has 0 saturated carbocycles. The number of carbonyl (C=O) groups excluding carboxylic acids is 4. The van der Waals surface area contributed by atoms with Crippen LogP contribution in [0, 0.1) is 25.7 Å². The molecule has 22 heteroatoms. The second-order valence-corrected chi connectivity index (χ2v) is 23.9. The Hall–Kier alpha value is -8.44. The summed E-state index contributed by atoms with van der Waals surface area (Å²) in [6.45, 7) is 11.3. The molecule has 8 aromatic rings. The first-order valence-electron chi connectivity index (χ1n) is 31.2. The van der Waals surface area contributed by atoms with Gasteiger partial charge in [-0.2, -0.15) is 36.5 Å². The number of benzene rings is 6. The van der Waals surface area contributed by atoms with Crippen LogP contribution in [0.2, 0.25) is 0 Å². The monoisotopic (exact) mass is 1270 g/mol. The van der Waals surface area contributed by atoms with E-state index in [0.717, 1.165) is 107 Å². The number of likely N-dealkylation sites (tertiary alicyclic amines) is 2. The number of nitrogens with zero attached hydrogens (tertiary/aromatic N) is 6. The minimum atomic E-state index is -4.41. The lowest BCUT2D eigenvalue weighted by Gasteiger charge is -2.32. The Bertz CT molecular complexity index is 3590. The van der Waals surface area contributed by atoms with Gasteiger partial charge < -0.3 is 38.2 Å². The van der Waals surface area contributed by atoms with Crippen LogP contribution in [-0.2, 0) is 44.4 Å². The maximum absolute atomic E-state index is 13.2. The van der Waals surface area contributed by atoms with E-state index in [2.05, 4.69) is 0 Å². The number of hydrogen-bond acceptors (Lipinski definition) is 12. The second-order valence-electron chi connectivity index (χ2n) is 23.9. The first-order chi connectivity index (χ1) is 44.3. The van der Waals surface area contributed by atoms with E-state index in [9.17, 15) is 45.5 Å². The molecule has 12 rings (SSSR count). The van der Waals surface area contributed by atoms with Gasteiger partial charge >= 0.3 is 12.4 Å². The smallest absolute Gasteiger partial charge is 0.416 e. The molecule has 0 bridgehead atoms. The third-order valence-corrected chi connectivity index (χ3v) is 17.5. The third-order valence-electron chi connectivity index (χ3n) is 17.5. The van der Waals surface area contributed by atoms with E-state index < -0.39 is 23.5 Å². The van der Waals surface area contributed by atoms with E-state index in [1.54, 1.807) is 48.5 Å². The number of aryl methyl sites for hydroxylation is 2. The van der Waals surface area contributed by atoms with Crippen LogP contribution in [0.1, 0.15) is 115 Å². The molecule has 2 aromatic heterocycles. The molecule has 4 fully saturated rings. The number of rotatable bonds is 18. The van der Waals surface area contributed by atoms with Crippen molar-refractivity contribution in [2.24, 2.45) is 11.8 Å². The summed E-state index contributed by atoms with van der Waals surface area (Å²) in [5, 5.41) is 11.5. The number of amides is 2. The number of hydrogen-bond donors (Lipinski definition) is 0. The molecule has 4 aliphatic heterocycles. The van der Waals surface area contributed by atoms with Gasteiger partial charge in [-0.3, -0.25) is 28.5 Å². The van der Waals surface area contributed by atoms with Gasteiger partial charge in [0, 0.05) is 97.5 Å². The first kappa shape index (κ1) is 65.1. The maximum atomic E-state index is 13.2. The number of carbonyl (C=O) groups is 4. The van der Waals surface area contributed by atoms with Crippen LogP contribution in [0.4, 0.5) is 26.3 Å². The molecule has 0 N–H and O–H groups in total. The summed E-state index contributed by atoms with van der Waals surface area (Å²) < 4.78 is 114. The van der Waals surface area contributed by atoms with Gasteiger partial charge in [0.25, 0.3) is 11.8 Å². The van der Waals surface area contributed by atoms with Crippen LogP contribution in [0.5, 0.6) is 23.0 Å². The zero-order valence-corrected chi connectivity index (χ0v) is 51.2. The maximum Gasteiger partial charge on any atom is 0.416 e. The number of Topliss-reactive ketones (excluding diaryl/α,β-unsaturated/α-hetero) is 2. The van der Waals surface area contributed by atoms with E-state index in [0.29, 0.717) is 126 Å². The minimum absolute atomic E-state index is 0.0323. The second kappa shape index (κ2) is 29.0. The molecular weight excluding hydrogens is 1200 g/mol. The molecule has 4 saturated heterocycles. The van der Waals surface area contributed by atoms with Gasteiger partial charge in [0.15, 0.2) is 11.6 Å². The number of piperidine rings is 2. The van der Waals surface area contributed by atoms with Gasteiger partial charge in [-0.1, -0.05) is 0 Å². The van der Waals surface area contributed by atoms with Crippen molar-refractivity contribution in [2.45, 2.75) is 103 Å². The van der Waals surface area contributed by atoms with Crippen molar-refractivity contribution < 1.29 is 73.9 Å². The SMILES string of the molecule is Cc1c(C(=O)CC[C@@H]2COCCO2)ccc2nn(CC3CCN(C(=O)c4ccc(Oc5ccc(C(F)(F)F)cc5)cc4)CC3)cc12.Cc1c(C(=O)CC[C@H]2COCCO2)ccc2nn(CC3CCN(C(=O)c4ccc(Oc5ccc(C(F)(F)F)cc5)cc4)CC3)cc12. The molecule has 0 spiro atoms. The molecule has 0 radical (unpaired) electrons. The highest BCUT2D eigenvalue weighted by Gasteiger charge is 2.32. The van der Waals surface area contributed by atoms with Crippen molar-refractivity contribution in [3.8, 4) is 23.0 Å². The number of ketones is 2. The predicted octanol–water partition coefficient (Wildman–Crippen LogP) is 14.2. The molecule has 0 unspecified atom stereocenters. The third kappa shape index (κ3) is 16.4. The number of fused-ring (bicyclic) bond motifs is 2. The largest absolute Gasteiger partial charge is 0.457 e. The van der Waals surface area contributed by atoms with Crippen LogP contribution in [0.15, 0.2) is 134 Å². The summed E-state index contributed by atoms with van der Waals surface area (Å²) in [5.74, 6) is 2.18. The van der Waals surface area contributed by atoms with Crippen molar-refractivity contribution >= 4 is 45.2 Å². The van der Waals surface area contributed by atoms with Crippen molar-refractivity contribution in [3.63, 3.8) is 0 Å². The Morgan fingerprint density at radius 3 is 1.15 bits per heavy atom. The van der Waals surface area contributed by atoms with E-state index in [1.165, 1.54) is 24.3 Å². The lowest BCUT2D eigenvalue weighted by Crippen LogP contribution is -2.39. The Morgan fingerprint density at radius 2 is 0.826 bits per heavy atom. The molecule has 4 aliphatic rings. The van der Waals surface area contributed by atoms with Gasteiger partial charge in [-0.05, 0) is 197 Å². The van der Waals surface area contributed by atoms with Crippen molar-refractivity contribution in [1.29, 1.82) is 0 Å². The van der Waals surface area contributed by atoms with E-state index >= 15 is 0 Å². The average molecular weight is 1270 g/mol. The predicted molar refractivity (Wildman–Crippen MR) is 330 cm³/mol.